The second-order valence-electron chi connectivity index (χ2n) is 4.53. The predicted octanol–water partition coefficient (Wildman–Crippen LogP) is 1.85. The van der Waals surface area contributed by atoms with E-state index in [1.807, 2.05) is 0 Å². The number of hydrogen-bond acceptors (Lipinski definition) is 1. The molecule has 0 radical (unpaired) electrons. The van der Waals surface area contributed by atoms with Gasteiger partial charge >= 0.3 is 0 Å². The molecular weight excluding hydrogens is 152 g/mol. The molecule has 0 bridgehead atoms. The van der Waals surface area contributed by atoms with Gasteiger partial charge in [-0.3, -0.25) is 0 Å². The van der Waals surface area contributed by atoms with Gasteiger partial charge in [0.25, 0.3) is 0 Å². The van der Waals surface area contributed by atoms with Crippen molar-refractivity contribution < 1.29 is 5.11 Å². The summed E-state index contributed by atoms with van der Waals surface area (Å²) in [6.07, 6.45) is 7.20. The fraction of sp³-hybridized carbons (Fsp3) is 0.778. The summed E-state index contributed by atoms with van der Waals surface area (Å²) in [5.74, 6) is 2.52. The highest BCUT2D eigenvalue weighted by Gasteiger charge is 2.50. The van der Waals surface area contributed by atoms with Crippen molar-refractivity contribution in [3.8, 4) is 12.3 Å². The van der Waals surface area contributed by atoms with Crippen LogP contribution in [0.15, 0.2) is 0 Å². The van der Waals surface area contributed by atoms with Gasteiger partial charge in [0.15, 0.2) is 0 Å². The molecule has 0 aromatic heterocycles. The Morgan fingerprint density at radius 3 is 2.18 bits per heavy atom. The van der Waals surface area contributed by atoms with Crippen LogP contribution in [0.3, 0.4) is 0 Å². The van der Waals surface area contributed by atoms with Gasteiger partial charge in [0, 0.05) is 0 Å². The average Bonchev–Trinajstić information content (AvgIpc) is 1.80. The van der Waals surface area contributed by atoms with E-state index < -0.39 is 13.7 Å². The van der Waals surface area contributed by atoms with E-state index in [9.17, 15) is 5.11 Å². The Balaban J connectivity index is 2.73. The van der Waals surface area contributed by atoms with Gasteiger partial charge in [0.1, 0.15) is 5.60 Å². The zero-order valence-electron chi connectivity index (χ0n) is 7.52. The smallest absolute Gasteiger partial charge is 0.125 e. The molecule has 62 valence electrons. The standard InChI is InChI=1S/C9H16OSi/c1-5-9(10)7-6-8(9)11(2,3)4/h1,8,10H,6-7H2,2-4H3. The first kappa shape index (κ1) is 8.83. The average molecular weight is 168 g/mol. The lowest BCUT2D eigenvalue weighted by molar-refractivity contribution is 0.0215. The molecule has 0 saturated heterocycles. The molecule has 2 heteroatoms. The normalized spacial score (nSPS) is 37.5. The molecule has 0 amide bonds. The summed E-state index contributed by atoms with van der Waals surface area (Å²) in [5.41, 5.74) is -0.329. The van der Waals surface area contributed by atoms with Gasteiger partial charge < -0.3 is 5.11 Å². The van der Waals surface area contributed by atoms with Gasteiger partial charge in [-0.15, -0.1) is 6.42 Å². The van der Waals surface area contributed by atoms with Gasteiger partial charge in [-0.25, -0.2) is 0 Å². The van der Waals surface area contributed by atoms with E-state index in [0.717, 1.165) is 12.8 Å². The van der Waals surface area contributed by atoms with Gasteiger partial charge in [-0.05, 0) is 18.4 Å². The third-order valence-corrected chi connectivity index (χ3v) is 5.54. The Kier molecular flexibility index (Phi) is 1.90. The highest BCUT2D eigenvalue weighted by atomic mass is 28.3. The van der Waals surface area contributed by atoms with Crippen molar-refractivity contribution in [3.63, 3.8) is 0 Å². The Hall–Kier alpha value is -0.263. The summed E-state index contributed by atoms with van der Waals surface area (Å²) in [6, 6.07) is 0. The maximum atomic E-state index is 9.81. The van der Waals surface area contributed by atoms with E-state index >= 15 is 0 Å². The van der Waals surface area contributed by atoms with E-state index in [2.05, 4.69) is 25.6 Å². The lowest BCUT2D eigenvalue weighted by Gasteiger charge is -2.48. The Morgan fingerprint density at radius 2 is 2.09 bits per heavy atom. The van der Waals surface area contributed by atoms with Gasteiger partial charge in [0.05, 0.1) is 8.07 Å². The fourth-order valence-corrected chi connectivity index (χ4v) is 4.55. The second kappa shape index (κ2) is 2.36. The molecule has 1 fully saturated rings. The Bertz CT molecular complexity index is 199. The minimum atomic E-state index is -1.22. The van der Waals surface area contributed by atoms with Crippen LogP contribution in [0.25, 0.3) is 0 Å². The van der Waals surface area contributed by atoms with Crippen LogP contribution >= 0.6 is 0 Å². The van der Waals surface area contributed by atoms with E-state index in [1.54, 1.807) is 0 Å². The summed E-state index contributed by atoms with van der Waals surface area (Å²) in [6.45, 7) is 6.79. The molecule has 0 aromatic rings. The number of rotatable bonds is 1. The zero-order valence-corrected chi connectivity index (χ0v) is 8.52. The van der Waals surface area contributed by atoms with Crippen LogP contribution in [0.5, 0.6) is 0 Å². The van der Waals surface area contributed by atoms with Crippen molar-refractivity contribution in [2.75, 3.05) is 0 Å². The van der Waals surface area contributed by atoms with Gasteiger partial charge in [-0.1, -0.05) is 25.6 Å². The lowest BCUT2D eigenvalue weighted by Crippen LogP contribution is -2.52. The molecule has 0 aromatic carbocycles. The van der Waals surface area contributed by atoms with Crippen LogP contribution in [0.1, 0.15) is 12.8 Å². The van der Waals surface area contributed by atoms with Gasteiger partial charge in [0.2, 0.25) is 0 Å². The third-order valence-electron chi connectivity index (χ3n) is 2.69. The van der Waals surface area contributed by atoms with Crippen LogP contribution < -0.4 is 0 Å². The van der Waals surface area contributed by atoms with Crippen molar-refractivity contribution in [2.45, 2.75) is 43.6 Å². The van der Waals surface area contributed by atoms with E-state index in [1.165, 1.54) is 0 Å². The monoisotopic (exact) mass is 168 g/mol. The molecular formula is C9H16OSi. The van der Waals surface area contributed by atoms with E-state index in [0.29, 0.717) is 5.54 Å². The van der Waals surface area contributed by atoms with Gasteiger partial charge in [-0.2, -0.15) is 0 Å². The van der Waals surface area contributed by atoms with Crippen molar-refractivity contribution in [1.82, 2.24) is 0 Å². The molecule has 0 aliphatic heterocycles. The van der Waals surface area contributed by atoms with Crippen molar-refractivity contribution >= 4 is 8.07 Å². The van der Waals surface area contributed by atoms with E-state index in [-0.39, 0.29) is 0 Å². The highest BCUT2D eigenvalue weighted by Crippen LogP contribution is 2.49. The number of hydrogen-bond donors (Lipinski definition) is 1. The summed E-state index contributed by atoms with van der Waals surface area (Å²) in [5, 5.41) is 9.81. The molecule has 11 heavy (non-hydrogen) atoms. The quantitative estimate of drug-likeness (QED) is 0.468. The molecule has 1 aliphatic carbocycles. The molecule has 0 spiro atoms. The Labute approximate surface area is 69.8 Å². The van der Waals surface area contributed by atoms with E-state index in [4.69, 9.17) is 6.42 Å². The van der Waals surface area contributed by atoms with Crippen LogP contribution in [0.2, 0.25) is 25.2 Å². The maximum Gasteiger partial charge on any atom is 0.125 e. The molecule has 1 saturated carbocycles. The maximum absolute atomic E-state index is 9.81. The molecule has 2 unspecified atom stereocenters. The molecule has 1 N–H and O–H groups in total. The fourth-order valence-electron chi connectivity index (χ4n) is 1.88. The van der Waals surface area contributed by atoms with Crippen LogP contribution in [-0.2, 0) is 0 Å². The first-order chi connectivity index (χ1) is 4.90. The summed E-state index contributed by atoms with van der Waals surface area (Å²) in [7, 11) is -1.22. The minimum absolute atomic E-state index is 0.417. The molecule has 1 rings (SSSR count). The van der Waals surface area contributed by atoms with Crippen LogP contribution in [-0.4, -0.2) is 18.8 Å². The molecule has 2 atom stereocenters. The lowest BCUT2D eigenvalue weighted by atomic mass is 9.80. The summed E-state index contributed by atoms with van der Waals surface area (Å²) < 4.78 is 0. The van der Waals surface area contributed by atoms with Crippen LogP contribution in [0, 0.1) is 12.3 Å². The number of aliphatic hydroxyl groups is 1. The van der Waals surface area contributed by atoms with Crippen molar-refractivity contribution in [1.29, 1.82) is 0 Å². The summed E-state index contributed by atoms with van der Waals surface area (Å²) >= 11 is 0. The third kappa shape index (κ3) is 1.36. The second-order valence-corrected chi connectivity index (χ2v) is 9.95. The first-order valence-electron chi connectivity index (χ1n) is 4.10. The number of terminal acetylenes is 1. The molecule has 1 nitrogen and oxygen atoms in total. The summed E-state index contributed by atoms with van der Waals surface area (Å²) in [4.78, 5) is 0. The molecule has 0 heterocycles. The topological polar surface area (TPSA) is 20.2 Å². The van der Waals surface area contributed by atoms with Crippen LogP contribution in [0.4, 0.5) is 0 Å². The van der Waals surface area contributed by atoms with Crippen molar-refractivity contribution in [2.24, 2.45) is 0 Å². The minimum Gasteiger partial charge on any atom is -0.378 e. The largest absolute Gasteiger partial charge is 0.378 e. The molecule has 1 aliphatic rings. The SMILES string of the molecule is C#CC1(O)CCC1[Si](C)(C)C. The predicted molar refractivity (Wildman–Crippen MR) is 50.1 cm³/mol. The highest BCUT2D eigenvalue weighted by molar-refractivity contribution is 6.78. The first-order valence-corrected chi connectivity index (χ1v) is 7.68. The van der Waals surface area contributed by atoms with Crippen molar-refractivity contribution in [3.05, 3.63) is 0 Å². The zero-order chi connectivity index (χ0) is 8.70. The Morgan fingerprint density at radius 1 is 1.55 bits per heavy atom.